The molecule has 10 nitrogen and oxygen atoms in total. The summed E-state index contributed by atoms with van der Waals surface area (Å²) in [5.41, 5.74) is 8.45. The van der Waals surface area contributed by atoms with Crippen LogP contribution in [-0.2, 0) is 33.3 Å². The number of halogens is 1. The van der Waals surface area contributed by atoms with Gasteiger partial charge in [0.15, 0.2) is 24.6 Å². The van der Waals surface area contributed by atoms with Crippen molar-refractivity contribution in [3.05, 3.63) is 10.4 Å². The molecule has 1 saturated heterocycles. The average molecular weight is 332 g/mol. The van der Waals surface area contributed by atoms with Crippen molar-refractivity contribution in [2.24, 2.45) is 5.11 Å². The summed E-state index contributed by atoms with van der Waals surface area (Å²) >= 11 is 0. The van der Waals surface area contributed by atoms with Crippen molar-refractivity contribution in [2.45, 2.75) is 51.5 Å². The zero-order chi connectivity index (χ0) is 17.6. The molecule has 5 atom stereocenters. The molecule has 0 aromatic rings. The maximum atomic E-state index is 14.4. The Morgan fingerprint density at radius 2 is 1.70 bits per heavy atom. The van der Waals surface area contributed by atoms with E-state index >= 15 is 0 Å². The van der Waals surface area contributed by atoms with Crippen LogP contribution in [0.2, 0.25) is 0 Å². The van der Waals surface area contributed by atoms with Gasteiger partial charge in [0.25, 0.3) is 0 Å². The van der Waals surface area contributed by atoms with Gasteiger partial charge in [-0.2, -0.15) is 0 Å². The molecule has 0 spiro atoms. The summed E-state index contributed by atoms with van der Waals surface area (Å²) in [6.07, 6.45) is -7.80. The molecule has 1 heterocycles. The number of alkyl halides is 1. The van der Waals surface area contributed by atoms with E-state index in [-0.39, 0.29) is 0 Å². The molecule has 23 heavy (non-hydrogen) atoms. The number of esters is 3. The Balaban J connectivity index is 3.09. The molecule has 1 fully saturated rings. The van der Waals surface area contributed by atoms with Crippen molar-refractivity contribution in [2.75, 3.05) is 6.61 Å². The van der Waals surface area contributed by atoms with E-state index in [2.05, 4.69) is 10.0 Å². The maximum Gasteiger partial charge on any atom is 0.303 e. The largest absolute Gasteiger partial charge is 0.463 e. The van der Waals surface area contributed by atoms with Crippen LogP contribution in [-0.4, -0.2) is 55.2 Å². The van der Waals surface area contributed by atoms with E-state index in [9.17, 15) is 18.8 Å². The Morgan fingerprint density at radius 1 is 1.13 bits per heavy atom. The molecular weight excluding hydrogens is 316 g/mol. The van der Waals surface area contributed by atoms with Crippen molar-refractivity contribution in [3.8, 4) is 0 Å². The lowest BCUT2D eigenvalue weighted by molar-refractivity contribution is -0.234. The third-order valence-corrected chi connectivity index (χ3v) is 2.81. The molecule has 0 saturated carbocycles. The van der Waals surface area contributed by atoms with Crippen LogP contribution in [0.25, 0.3) is 10.4 Å². The summed E-state index contributed by atoms with van der Waals surface area (Å²) in [5, 5.41) is 3.12. The topological polar surface area (TPSA) is 137 Å². The maximum absolute atomic E-state index is 14.4. The number of carbonyl (C=O) groups is 3. The molecule has 128 valence electrons. The zero-order valence-electron chi connectivity index (χ0n) is 12.7. The number of rotatable bonds is 5. The van der Waals surface area contributed by atoms with Gasteiger partial charge >= 0.3 is 17.9 Å². The lowest BCUT2D eigenvalue weighted by atomic mass is 9.98. The van der Waals surface area contributed by atoms with Gasteiger partial charge in [0.1, 0.15) is 12.7 Å². The first-order chi connectivity index (χ1) is 10.8. The zero-order valence-corrected chi connectivity index (χ0v) is 12.7. The second-order valence-corrected chi connectivity index (χ2v) is 4.67. The minimum atomic E-state index is -2.06. The summed E-state index contributed by atoms with van der Waals surface area (Å²) in [6.45, 7) is 2.84. The normalized spacial score (nSPS) is 29.8. The van der Waals surface area contributed by atoms with Gasteiger partial charge in [-0.25, -0.2) is 4.39 Å². The highest BCUT2D eigenvalue weighted by molar-refractivity contribution is 5.67. The molecule has 0 radical (unpaired) electrons. The monoisotopic (exact) mass is 332 g/mol. The van der Waals surface area contributed by atoms with E-state index in [1.165, 1.54) is 0 Å². The number of hydrogen-bond donors (Lipinski definition) is 0. The molecule has 1 aliphatic rings. The summed E-state index contributed by atoms with van der Waals surface area (Å²) in [6, 6.07) is 0. The minimum Gasteiger partial charge on any atom is -0.463 e. The lowest BCUT2D eigenvalue weighted by Crippen LogP contribution is -2.59. The molecular formula is C12H16FN3O7. The van der Waals surface area contributed by atoms with E-state index in [4.69, 9.17) is 24.5 Å². The molecule has 0 amide bonds. The smallest absolute Gasteiger partial charge is 0.303 e. The van der Waals surface area contributed by atoms with Gasteiger partial charge in [-0.1, -0.05) is 5.11 Å². The number of hydrogen-bond acceptors (Lipinski definition) is 8. The van der Waals surface area contributed by atoms with Crippen LogP contribution < -0.4 is 0 Å². The van der Waals surface area contributed by atoms with Crippen LogP contribution in [0, 0.1) is 0 Å². The minimum absolute atomic E-state index is 0.408. The number of ether oxygens (including phenoxy) is 4. The fourth-order valence-corrected chi connectivity index (χ4v) is 2.02. The van der Waals surface area contributed by atoms with Crippen molar-refractivity contribution in [1.29, 1.82) is 0 Å². The third-order valence-electron chi connectivity index (χ3n) is 2.81. The van der Waals surface area contributed by atoms with Crippen LogP contribution in [0.15, 0.2) is 5.11 Å². The Kier molecular flexibility index (Phi) is 6.73. The van der Waals surface area contributed by atoms with Gasteiger partial charge in [0, 0.05) is 25.7 Å². The van der Waals surface area contributed by atoms with Gasteiger partial charge < -0.3 is 18.9 Å². The molecule has 0 aromatic heterocycles. The second kappa shape index (κ2) is 8.30. The van der Waals surface area contributed by atoms with Crippen LogP contribution in [0.3, 0.4) is 0 Å². The Morgan fingerprint density at radius 3 is 2.17 bits per heavy atom. The van der Waals surface area contributed by atoms with Crippen molar-refractivity contribution < 1.29 is 37.7 Å². The lowest BCUT2D eigenvalue weighted by Gasteiger charge is -2.40. The highest BCUT2D eigenvalue weighted by atomic mass is 18.2. The van der Waals surface area contributed by atoms with Gasteiger partial charge in [-0.05, 0) is 5.53 Å². The first-order valence-corrected chi connectivity index (χ1v) is 6.57. The van der Waals surface area contributed by atoms with Crippen LogP contribution in [0.1, 0.15) is 20.8 Å². The highest BCUT2D eigenvalue weighted by Gasteiger charge is 2.50. The van der Waals surface area contributed by atoms with E-state index in [1.807, 2.05) is 0 Å². The van der Waals surface area contributed by atoms with Gasteiger partial charge in [-0.3, -0.25) is 14.4 Å². The van der Waals surface area contributed by atoms with Crippen LogP contribution in [0.5, 0.6) is 0 Å². The Hall–Kier alpha value is -2.39. The molecule has 0 aromatic carbocycles. The fraction of sp³-hybridized carbons (Fsp3) is 0.750. The summed E-state index contributed by atoms with van der Waals surface area (Å²) in [7, 11) is 0. The van der Waals surface area contributed by atoms with E-state index in [0.717, 1.165) is 20.8 Å². The van der Waals surface area contributed by atoms with E-state index in [1.54, 1.807) is 0 Å². The molecule has 0 bridgehead atoms. The predicted molar refractivity (Wildman–Crippen MR) is 70.4 cm³/mol. The summed E-state index contributed by atoms with van der Waals surface area (Å²) in [4.78, 5) is 35.7. The SMILES string of the molecule is CC(=O)OC[C@H]1O[C@@H](N=[N+]=[N-])[C@H]([18F])[C@@H](OC(C)=O)[C@@H]1OC(C)=O. The van der Waals surface area contributed by atoms with Crippen molar-refractivity contribution >= 4 is 17.9 Å². The first kappa shape index (κ1) is 18.7. The molecule has 0 aliphatic carbocycles. The van der Waals surface area contributed by atoms with Crippen LogP contribution in [0.4, 0.5) is 4.39 Å². The summed E-state index contributed by atoms with van der Waals surface area (Å²) in [5.74, 6) is -2.26. The highest BCUT2D eigenvalue weighted by Crippen LogP contribution is 2.29. The Bertz CT molecular complexity index is 523. The molecule has 0 unspecified atom stereocenters. The summed E-state index contributed by atoms with van der Waals surface area (Å²) < 4.78 is 34.1. The Labute approximate surface area is 130 Å². The molecule has 1 aliphatic heterocycles. The second-order valence-electron chi connectivity index (χ2n) is 4.67. The number of azide groups is 1. The standard InChI is InChI=1S/C12H16FN3O7/c1-5(17)20-4-8-10(21-6(2)18)11(22-7(3)19)9(13)12(23-8)15-16-14/h8-12H,4H2,1-3H3/t8-,9-,10-,11-,12-/m1/s1/i13-1. The first-order valence-electron chi connectivity index (χ1n) is 6.57. The van der Waals surface area contributed by atoms with Crippen LogP contribution >= 0.6 is 0 Å². The number of nitrogens with zero attached hydrogens (tertiary/aromatic N) is 3. The molecule has 11 heteroatoms. The van der Waals surface area contributed by atoms with Crippen molar-refractivity contribution in [1.82, 2.24) is 0 Å². The predicted octanol–water partition coefficient (Wildman–Crippen LogP) is 0.786. The van der Waals surface area contributed by atoms with Crippen molar-refractivity contribution in [3.63, 3.8) is 0 Å². The van der Waals surface area contributed by atoms with Gasteiger partial charge in [0.2, 0.25) is 0 Å². The third kappa shape index (κ3) is 5.38. The quantitative estimate of drug-likeness (QED) is 0.238. The van der Waals surface area contributed by atoms with Gasteiger partial charge in [0.05, 0.1) is 0 Å². The van der Waals surface area contributed by atoms with E-state index in [0.29, 0.717) is 0 Å². The molecule has 1 rings (SSSR count). The average Bonchev–Trinajstić information content (AvgIpc) is 2.43. The van der Waals surface area contributed by atoms with Gasteiger partial charge in [-0.15, -0.1) is 0 Å². The number of carbonyl (C=O) groups excluding carboxylic acids is 3. The van der Waals surface area contributed by atoms with E-state index < -0.39 is 55.2 Å². The fourth-order valence-electron chi connectivity index (χ4n) is 2.02. The molecule has 0 N–H and O–H groups in total.